The summed E-state index contributed by atoms with van der Waals surface area (Å²) in [5, 5.41) is 25.5. The molecule has 0 saturated carbocycles. The zero-order valence-corrected chi connectivity index (χ0v) is 9.61. The summed E-state index contributed by atoms with van der Waals surface area (Å²) < 4.78 is 0. The molecular formula is C10H25NO3. The van der Waals surface area contributed by atoms with Crippen LogP contribution in [-0.4, -0.2) is 59.7 Å². The van der Waals surface area contributed by atoms with Gasteiger partial charge < -0.3 is 15.3 Å². The van der Waals surface area contributed by atoms with Gasteiger partial charge in [0, 0.05) is 19.6 Å². The summed E-state index contributed by atoms with van der Waals surface area (Å²) in [5.41, 5.74) is 0. The summed E-state index contributed by atoms with van der Waals surface area (Å²) in [6.45, 7) is 8.25. The first-order chi connectivity index (χ1) is 6.58. The fourth-order valence-electron chi connectivity index (χ4n) is 0.760. The summed E-state index contributed by atoms with van der Waals surface area (Å²) >= 11 is 0. The van der Waals surface area contributed by atoms with Crippen molar-refractivity contribution in [3.05, 3.63) is 0 Å². The lowest BCUT2D eigenvalue weighted by Gasteiger charge is -2.17. The molecule has 0 aliphatic rings. The molecule has 0 aromatic rings. The van der Waals surface area contributed by atoms with Crippen LogP contribution in [0, 0.1) is 5.92 Å². The molecule has 4 heteroatoms. The zero-order valence-electron chi connectivity index (χ0n) is 9.61. The molecule has 0 bridgehead atoms. The minimum atomic E-state index is 0.0694. The molecule has 0 heterocycles. The Morgan fingerprint density at radius 2 is 1.00 bits per heavy atom. The summed E-state index contributed by atoms with van der Waals surface area (Å²) in [6.07, 6.45) is 0. The Labute approximate surface area is 87.2 Å². The summed E-state index contributed by atoms with van der Waals surface area (Å²) in [7, 11) is 0. The second kappa shape index (κ2) is 12.8. The molecule has 0 unspecified atom stereocenters. The van der Waals surface area contributed by atoms with Crippen LogP contribution in [-0.2, 0) is 0 Å². The lowest BCUT2D eigenvalue weighted by molar-refractivity contribution is 0.136. The van der Waals surface area contributed by atoms with E-state index in [4.69, 9.17) is 15.3 Å². The van der Waals surface area contributed by atoms with Gasteiger partial charge in [0.05, 0.1) is 19.8 Å². The molecule has 0 atom stereocenters. The van der Waals surface area contributed by atoms with Crippen molar-refractivity contribution < 1.29 is 15.3 Å². The minimum absolute atomic E-state index is 0.0694. The third kappa shape index (κ3) is 17.8. The average Bonchev–Trinajstić information content (AvgIpc) is 2.04. The van der Waals surface area contributed by atoms with Crippen molar-refractivity contribution in [2.24, 2.45) is 5.92 Å². The molecule has 14 heavy (non-hydrogen) atoms. The Morgan fingerprint density at radius 1 is 0.786 bits per heavy atom. The Kier molecular flexibility index (Phi) is 14.9. The van der Waals surface area contributed by atoms with E-state index < -0.39 is 0 Å². The number of aliphatic hydroxyl groups excluding tert-OH is 3. The molecule has 0 spiro atoms. The molecule has 0 aromatic heterocycles. The van der Waals surface area contributed by atoms with E-state index in [-0.39, 0.29) is 19.8 Å². The van der Waals surface area contributed by atoms with Gasteiger partial charge in [0.1, 0.15) is 0 Å². The molecule has 0 fully saturated rings. The van der Waals surface area contributed by atoms with Crippen LogP contribution in [0.4, 0.5) is 0 Å². The third-order valence-corrected chi connectivity index (χ3v) is 1.25. The van der Waals surface area contributed by atoms with Gasteiger partial charge in [-0.05, 0) is 5.92 Å². The first-order valence-corrected chi connectivity index (χ1v) is 5.13. The minimum Gasteiger partial charge on any atom is -0.395 e. The molecule has 0 saturated heterocycles. The average molecular weight is 207 g/mol. The van der Waals surface area contributed by atoms with Crippen molar-refractivity contribution in [3.8, 4) is 0 Å². The van der Waals surface area contributed by atoms with Gasteiger partial charge in [-0.1, -0.05) is 20.8 Å². The van der Waals surface area contributed by atoms with E-state index in [1.54, 1.807) is 4.90 Å². The Morgan fingerprint density at radius 3 is 1.14 bits per heavy atom. The predicted octanol–water partition coefficient (Wildman–Crippen LogP) is -0.0724. The monoisotopic (exact) mass is 207 g/mol. The molecule has 0 amide bonds. The summed E-state index contributed by atoms with van der Waals surface area (Å²) in [4.78, 5) is 1.79. The third-order valence-electron chi connectivity index (χ3n) is 1.25. The SMILES string of the molecule is CC(C)C.OCCN(CCO)CCO. The number of nitrogens with zero attached hydrogens (tertiary/aromatic N) is 1. The number of rotatable bonds is 6. The van der Waals surface area contributed by atoms with Crippen LogP contribution in [0.5, 0.6) is 0 Å². The summed E-state index contributed by atoms with van der Waals surface area (Å²) in [6, 6.07) is 0. The Bertz CT molecular complexity index is 82.3. The highest BCUT2D eigenvalue weighted by Gasteiger charge is 2.00. The molecular weight excluding hydrogens is 182 g/mol. The van der Waals surface area contributed by atoms with E-state index >= 15 is 0 Å². The van der Waals surface area contributed by atoms with E-state index in [1.807, 2.05) is 0 Å². The van der Waals surface area contributed by atoms with E-state index in [9.17, 15) is 0 Å². The Balaban J connectivity index is 0. The highest BCUT2D eigenvalue weighted by molar-refractivity contribution is 4.54. The smallest absolute Gasteiger partial charge is 0.0558 e. The normalized spacial score (nSPS) is 10.3. The van der Waals surface area contributed by atoms with Gasteiger partial charge in [0.25, 0.3) is 0 Å². The van der Waals surface area contributed by atoms with Gasteiger partial charge >= 0.3 is 0 Å². The highest BCUT2D eigenvalue weighted by Crippen LogP contribution is 1.84. The number of aliphatic hydroxyl groups is 3. The molecule has 0 aliphatic carbocycles. The van der Waals surface area contributed by atoms with Crippen LogP contribution >= 0.6 is 0 Å². The van der Waals surface area contributed by atoms with E-state index in [1.165, 1.54) is 0 Å². The van der Waals surface area contributed by atoms with Crippen molar-refractivity contribution >= 4 is 0 Å². The maximum absolute atomic E-state index is 8.48. The standard InChI is InChI=1S/C6H15NO3.C4H10/c8-4-1-7(2-5-9)3-6-10;1-4(2)3/h8-10H,1-6H2;4H,1-3H3. The first kappa shape index (κ1) is 16.3. The van der Waals surface area contributed by atoms with Crippen LogP contribution in [0.15, 0.2) is 0 Å². The second-order valence-corrected chi connectivity index (χ2v) is 3.74. The predicted molar refractivity (Wildman–Crippen MR) is 58.2 cm³/mol. The van der Waals surface area contributed by atoms with Crippen molar-refractivity contribution in [1.82, 2.24) is 4.90 Å². The maximum Gasteiger partial charge on any atom is 0.0558 e. The molecule has 3 N–H and O–H groups in total. The lowest BCUT2D eigenvalue weighted by atomic mass is 10.3. The second-order valence-electron chi connectivity index (χ2n) is 3.74. The molecule has 0 aliphatic heterocycles. The quantitative estimate of drug-likeness (QED) is 0.570. The van der Waals surface area contributed by atoms with Crippen LogP contribution in [0.3, 0.4) is 0 Å². The maximum atomic E-state index is 8.48. The van der Waals surface area contributed by atoms with E-state index in [0.717, 1.165) is 5.92 Å². The molecule has 4 nitrogen and oxygen atoms in total. The van der Waals surface area contributed by atoms with Gasteiger partial charge in [0.2, 0.25) is 0 Å². The van der Waals surface area contributed by atoms with Crippen LogP contribution in [0.25, 0.3) is 0 Å². The highest BCUT2D eigenvalue weighted by atomic mass is 16.3. The molecule has 0 radical (unpaired) electrons. The molecule has 0 rings (SSSR count). The lowest BCUT2D eigenvalue weighted by Crippen LogP contribution is -2.32. The van der Waals surface area contributed by atoms with Gasteiger partial charge in [-0.3, -0.25) is 4.90 Å². The van der Waals surface area contributed by atoms with E-state index in [0.29, 0.717) is 19.6 Å². The van der Waals surface area contributed by atoms with Crippen LogP contribution in [0.1, 0.15) is 20.8 Å². The van der Waals surface area contributed by atoms with E-state index in [2.05, 4.69) is 20.8 Å². The number of hydrogen-bond donors (Lipinski definition) is 3. The van der Waals surface area contributed by atoms with Crippen molar-refractivity contribution in [3.63, 3.8) is 0 Å². The molecule has 88 valence electrons. The number of hydrogen-bond acceptors (Lipinski definition) is 4. The van der Waals surface area contributed by atoms with Crippen molar-refractivity contribution in [2.75, 3.05) is 39.5 Å². The van der Waals surface area contributed by atoms with Crippen LogP contribution in [0.2, 0.25) is 0 Å². The first-order valence-electron chi connectivity index (χ1n) is 5.13. The summed E-state index contributed by atoms with van der Waals surface area (Å²) in [5.74, 6) is 0.833. The fourth-order valence-corrected chi connectivity index (χ4v) is 0.760. The fraction of sp³-hybridized carbons (Fsp3) is 1.00. The van der Waals surface area contributed by atoms with Gasteiger partial charge in [-0.25, -0.2) is 0 Å². The molecule has 0 aromatic carbocycles. The van der Waals surface area contributed by atoms with Crippen LogP contribution < -0.4 is 0 Å². The Hall–Kier alpha value is -0.160. The van der Waals surface area contributed by atoms with Gasteiger partial charge in [-0.2, -0.15) is 0 Å². The topological polar surface area (TPSA) is 63.9 Å². The van der Waals surface area contributed by atoms with Crippen molar-refractivity contribution in [1.29, 1.82) is 0 Å². The van der Waals surface area contributed by atoms with Gasteiger partial charge in [-0.15, -0.1) is 0 Å². The van der Waals surface area contributed by atoms with Gasteiger partial charge in [0.15, 0.2) is 0 Å². The zero-order chi connectivity index (χ0) is 11.4. The largest absolute Gasteiger partial charge is 0.395 e. The van der Waals surface area contributed by atoms with Crippen molar-refractivity contribution in [2.45, 2.75) is 20.8 Å².